The maximum absolute atomic E-state index is 11.3. The predicted octanol–water partition coefficient (Wildman–Crippen LogP) is 2.25. The fraction of sp³-hybridized carbons (Fsp3) is 0.333. The van der Waals surface area contributed by atoms with Crippen molar-refractivity contribution < 1.29 is 4.79 Å². The fourth-order valence-electron chi connectivity index (χ4n) is 1.32. The third-order valence-electron chi connectivity index (χ3n) is 2.33. The van der Waals surface area contributed by atoms with E-state index < -0.39 is 0 Å². The van der Waals surface area contributed by atoms with E-state index >= 15 is 0 Å². The van der Waals surface area contributed by atoms with Crippen molar-refractivity contribution in [3.63, 3.8) is 0 Å². The summed E-state index contributed by atoms with van der Waals surface area (Å²) in [5.41, 5.74) is 1.01. The van der Waals surface area contributed by atoms with Crippen LogP contribution in [0.15, 0.2) is 24.3 Å². The molecule has 1 aromatic rings. The van der Waals surface area contributed by atoms with Gasteiger partial charge in [0.1, 0.15) is 6.42 Å². The zero-order valence-corrected chi connectivity index (χ0v) is 9.87. The molecular weight excluding hydrogens is 224 g/mol. The van der Waals surface area contributed by atoms with Crippen molar-refractivity contribution in [1.82, 2.24) is 4.90 Å². The van der Waals surface area contributed by atoms with E-state index in [0.29, 0.717) is 18.0 Å². The minimum absolute atomic E-state index is 0.0704. The third-order valence-corrected chi connectivity index (χ3v) is 2.70. The molecule has 0 fully saturated rings. The van der Waals surface area contributed by atoms with Crippen LogP contribution in [0.25, 0.3) is 0 Å². The monoisotopic (exact) mass is 236 g/mol. The van der Waals surface area contributed by atoms with Crippen molar-refractivity contribution in [2.45, 2.75) is 12.8 Å². The van der Waals surface area contributed by atoms with E-state index in [-0.39, 0.29) is 12.3 Å². The van der Waals surface area contributed by atoms with Gasteiger partial charge in [0.25, 0.3) is 0 Å². The number of amides is 1. The van der Waals surface area contributed by atoms with Gasteiger partial charge < -0.3 is 4.90 Å². The van der Waals surface area contributed by atoms with Crippen LogP contribution >= 0.6 is 11.6 Å². The summed E-state index contributed by atoms with van der Waals surface area (Å²) in [5.74, 6) is -0.158. The minimum atomic E-state index is -0.158. The van der Waals surface area contributed by atoms with Gasteiger partial charge in [0.15, 0.2) is 0 Å². The Balaban J connectivity index is 2.49. The average molecular weight is 237 g/mol. The van der Waals surface area contributed by atoms with Gasteiger partial charge >= 0.3 is 0 Å². The molecule has 0 bridgehead atoms. The van der Waals surface area contributed by atoms with Crippen LogP contribution in [-0.4, -0.2) is 24.4 Å². The number of benzene rings is 1. The largest absolute Gasteiger partial charge is 0.345 e. The first-order valence-electron chi connectivity index (χ1n) is 4.99. The first-order chi connectivity index (χ1) is 7.65. The quantitative estimate of drug-likeness (QED) is 0.805. The van der Waals surface area contributed by atoms with Crippen LogP contribution in [0.3, 0.4) is 0 Å². The number of nitriles is 1. The van der Waals surface area contributed by atoms with Crippen LogP contribution in [0.1, 0.15) is 12.0 Å². The maximum Gasteiger partial charge on any atom is 0.236 e. The highest BCUT2D eigenvalue weighted by Gasteiger charge is 2.08. The Morgan fingerprint density at radius 2 is 2.19 bits per heavy atom. The molecule has 0 spiro atoms. The predicted molar refractivity (Wildman–Crippen MR) is 63.0 cm³/mol. The second-order valence-corrected chi connectivity index (χ2v) is 3.90. The molecule has 0 aromatic heterocycles. The number of carbonyl (C=O) groups is 1. The van der Waals surface area contributed by atoms with Gasteiger partial charge in [-0.25, -0.2) is 0 Å². The van der Waals surface area contributed by atoms with Crippen molar-refractivity contribution in [2.24, 2.45) is 0 Å². The van der Waals surface area contributed by atoms with Gasteiger partial charge in [-0.1, -0.05) is 29.8 Å². The molecule has 0 heterocycles. The van der Waals surface area contributed by atoms with Crippen molar-refractivity contribution in [2.75, 3.05) is 13.6 Å². The lowest BCUT2D eigenvalue weighted by Crippen LogP contribution is -2.28. The summed E-state index contributed by atoms with van der Waals surface area (Å²) in [4.78, 5) is 12.9. The lowest BCUT2D eigenvalue weighted by molar-refractivity contribution is -0.128. The molecule has 0 unspecified atom stereocenters. The Kier molecular flexibility index (Phi) is 4.81. The summed E-state index contributed by atoms with van der Waals surface area (Å²) in [6, 6.07) is 9.39. The number of hydrogen-bond donors (Lipinski definition) is 0. The van der Waals surface area contributed by atoms with E-state index in [0.717, 1.165) is 5.56 Å². The van der Waals surface area contributed by atoms with Crippen molar-refractivity contribution >= 4 is 17.5 Å². The second kappa shape index (κ2) is 6.14. The lowest BCUT2D eigenvalue weighted by atomic mass is 10.1. The standard InChI is InChI=1S/C12H13ClN2O/c1-15(12(16)6-8-14)9-7-10-4-2-3-5-11(10)13/h2-5H,6-7,9H2,1H3. The van der Waals surface area contributed by atoms with E-state index in [1.807, 2.05) is 30.3 Å². The van der Waals surface area contributed by atoms with Gasteiger partial charge in [-0.05, 0) is 18.1 Å². The van der Waals surface area contributed by atoms with Crippen LogP contribution in [0.5, 0.6) is 0 Å². The topological polar surface area (TPSA) is 44.1 Å². The molecule has 1 rings (SSSR count). The number of rotatable bonds is 4. The molecule has 0 aliphatic rings. The molecule has 0 saturated heterocycles. The third kappa shape index (κ3) is 3.56. The van der Waals surface area contributed by atoms with Crippen molar-refractivity contribution in [3.05, 3.63) is 34.9 Å². The smallest absolute Gasteiger partial charge is 0.236 e. The number of hydrogen-bond acceptors (Lipinski definition) is 2. The Labute approximate surface area is 100 Å². The van der Waals surface area contributed by atoms with Crippen LogP contribution < -0.4 is 0 Å². The van der Waals surface area contributed by atoms with Gasteiger partial charge in [-0.3, -0.25) is 4.79 Å². The van der Waals surface area contributed by atoms with Crippen LogP contribution in [-0.2, 0) is 11.2 Å². The van der Waals surface area contributed by atoms with E-state index in [4.69, 9.17) is 16.9 Å². The number of carbonyl (C=O) groups excluding carboxylic acids is 1. The first-order valence-corrected chi connectivity index (χ1v) is 5.37. The Morgan fingerprint density at radius 1 is 1.50 bits per heavy atom. The molecule has 0 atom stereocenters. The van der Waals surface area contributed by atoms with Crippen LogP contribution in [0.4, 0.5) is 0 Å². The molecule has 0 radical (unpaired) electrons. The molecule has 0 N–H and O–H groups in total. The maximum atomic E-state index is 11.3. The van der Waals surface area contributed by atoms with E-state index in [1.54, 1.807) is 11.9 Å². The normalized spacial score (nSPS) is 9.56. The molecule has 1 aromatic carbocycles. The zero-order valence-electron chi connectivity index (χ0n) is 9.11. The van der Waals surface area contributed by atoms with Gasteiger partial charge in [0, 0.05) is 18.6 Å². The van der Waals surface area contributed by atoms with Crippen LogP contribution in [0.2, 0.25) is 5.02 Å². The Morgan fingerprint density at radius 3 is 2.81 bits per heavy atom. The molecular formula is C12H13ClN2O. The molecule has 0 aliphatic carbocycles. The highest BCUT2D eigenvalue weighted by Crippen LogP contribution is 2.15. The van der Waals surface area contributed by atoms with Gasteiger partial charge in [-0.15, -0.1) is 0 Å². The molecule has 16 heavy (non-hydrogen) atoms. The summed E-state index contributed by atoms with van der Waals surface area (Å²) in [6.45, 7) is 0.574. The summed E-state index contributed by atoms with van der Waals surface area (Å²) in [6.07, 6.45) is 0.631. The average Bonchev–Trinajstić information content (AvgIpc) is 2.28. The molecule has 1 amide bonds. The summed E-state index contributed by atoms with van der Waals surface area (Å²) < 4.78 is 0. The van der Waals surface area contributed by atoms with E-state index in [9.17, 15) is 4.79 Å². The molecule has 0 saturated carbocycles. The number of likely N-dealkylation sites (N-methyl/N-ethyl adjacent to an activating group) is 1. The summed E-state index contributed by atoms with van der Waals surface area (Å²) in [7, 11) is 1.69. The van der Waals surface area contributed by atoms with Gasteiger partial charge in [-0.2, -0.15) is 5.26 Å². The zero-order chi connectivity index (χ0) is 12.0. The Hall–Kier alpha value is -1.53. The van der Waals surface area contributed by atoms with Crippen molar-refractivity contribution in [3.8, 4) is 6.07 Å². The molecule has 84 valence electrons. The van der Waals surface area contributed by atoms with E-state index in [2.05, 4.69) is 0 Å². The number of nitrogens with zero attached hydrogens (tertiary/aromatic N) is 2. The molecule has 0 aliphatic heterocycles. The summed E-state index contributed by atoms with van der Waals surface area (Å²) >= 11 is 5.99. The van der Waals surface area contributed by atoms with E-state index in [1.165, 1.54) is 0 Å². The van der Waals surface area contributed by atoms with Crippen LogP contribution in [0, 0.1) is 11.3 Å². The molecule has 4 heteroatoms. The summed E-state index contributed by atoms with van der Waals surface area (Å²) in [5, 5.41) is 9.11. The number of halogens is 1. The first kappa shape index (κ1) is 12.5. The molecule has 3 nitrogen and oxygen atoms in total. The fourth-order valence-corrected chi connectivity index (χ4v) is 1.55. The minimum Gasteiger partial charge on any atom is -0.345 e. The Bertz CT molecular complexity index is 412. The highest BCUT2D eigenvalue weighted by atomic mass is 35.5. The second-order valence-electron chi connectivity index (χ2n) is 3.49. The van der Waals surface area contributed by atoms with Gasteiger partial charge in [0.2, 0.25) is 5.91 Å². The van der Waals surface area contributed by atoms with Gasteiger partial charge in [0.05, 0.1) is 6.07 Å². The lowest BCUT2D eigenvalue weighted by Gasteiger charge is -2.15. The highest BCUT2D eigenvalue weighted by molar-refractivity contribution is 6.31. The SMILES string of the molecule is CN(CCc1ccccc1Cl)C(=O)CC#N. The van der Waals surface area contributed by atoms with Crippen molar-refractivity contribution in [1.29, 1.82) is 5.26 Å².